The predicted molar refractivity (Wildman–Crippen MR) is 82.2 cm³/mol. The van der Waals surface area contributed by atoms with Crippen LogP contribution in [0.4, 0.5) is 11.5 Å². The lowest BCUT2D eigenvalue weighted by molar-refractivity contribution is 0.0692. The van der Waals surface area contributed by atoms with Crippen molar-refractivity contribution in [3.63, 3.8) is 0 Å². The second-order valence-corrected chi connectivity index (χ2v) is 4.85. The fraction of sp³-hybridized carbons (Fsp3) is 0.0625. The highest BCUT2D eigenvalue weighted by molar-refractivity contribution is 5.91. The molecule has 3 aromatic rings. The van der Waals surface area contributed by atoms with Crippen molar-refractivity contribution in [3.8, 4) is 6.07 Å². The molecule has 0 radical (unpaired) electrons. The molecule has 7 heteroatoms. The van der Waals surface area contributed by atoms with Gasteiger partial charge in [-0.1, -0.05) is 18.2 Å². The summed E-state index contributed by atoms with van der Waals surface area (Å²) in [7, 11) is 0. The van der Waals surface area contributed by atoms with Crippen LogP contribution >= 0.6 is 0 Å². The standard InChI is InChI=1S/C16H11N5O2/c1-10-6-7-13-18-14(16(22)23)15(21(13)9-10)20-19-12-5-3-2-4-11(12)8-17/h2-7,9H,1H3,(H,22,23). The fourth-order valence-electron chi connectivity index (χ4n) is 2.13. The molecule has 0 amide bonds. The number of nitrogens with zero attached hydrogens (tertiary/aromatic N) is 5. The number of aryl methyl sites for hydroxylation is 1. The van der Waals surface area contributed by atoms with Crippen LogP contribution in [0.2, 0.25) is 0 Å². The lowest BCUT2D eigenvalue weighted by atomic mass is 10.2. The zero-order valence-electron chi connectivity index (χ0n) is 12.1. The van der Waals surface area contributed by atoms with Crippen molar-refractivity contribution in [1.82, 2.24) is 9.38 Å². The zero-order valence-corrected chi connectivity index (χ0v) is 12.1. The molecule has 3 rings (SSSR count). The number of hydrogen-bond donors (Lipinski definition) is 1. The fourth-order valence-corrected chi connectivity index (χ4v) is 2.13. The Morgan fingerprint density at radius 1 is 1.26 bits per heavy atom. The van der Waals surface area contributed by atoms with Crippen LogP contribution in [0.25, 0.3) is 5.65 Å². The number of carboxylic acid groups (broad SMARTS) is 1. The SMILES string of the molecule is Cc1ccc2nc(C(=O)O)c(N=Nc3ccccc3C#N)n2c1. The minimum Gasteiger partial charge on any atom is -0.476 e. The smallest absolute Gasteiger partial charge is 0.358 e. The van der Waals surface area contributed by atoms with Crippen LogP contribution in [-0.2, 0) is 0 Å². The average molecular weight is 305 g/mol. The molecule has 0 saturated heterocycles. The molecule has 0 aliphatic carbocycles. The Labute approximate surface area is 131 Å². The van der Waals surface area contributed by atoms with E-state index in [1.54, 1.807) is 40.9 Å². The summed E-state index contributed by atoms with van der Waals surface area (Å²) in [6, 6.07) is 12.3. The monoisotopic (exact) mass is 305 g/mol. The molecule has 23 heavy (non-hydrogen) atoms. The van der Waals surface area contributed by atoms with Gasteiger partial charge in [0.25, 0.3) is 0 Å². The van der Waals surface area contributed by atoms with Gasteiger partial charge in [0.05, 0.1) is 5.56 Å². The number of carbonyl (C=O) groups is 1. The second-order valence-electron chi connectivity index (χ2n) is 4.85. The van der Waals surface area contributed by atoms with Crippen LogP contribution < -0.4 is 0 Å². The highest BCUT2D eigenvalue weighted by Crippen LogP contribution is 2.26. The van der Waals surface area contributed by atoms with E-state index in [1.165, 1.54) is 0 Å². The molecular weight excluding hydrogens is 294 g/mol. The van der Waals surface area contributed by atoms with Crippen molar-refractivity contribution in [2.24, 2.45) is 10.2 Å². The molecule has 7 nitrogen and oxygen atoms in total. The highest BCUT2D eigenvalue weighted by atomic mass is 16.4. The normalized spacial score (nSPS) is 11.0. The van der Waals surface area contributed by atoms with Crippen molar-refractivity contribution >= 4 is 23.1 Å². The van der Waals surface area contributed by atoms with Gasteiger partial charge < -0.3 is 5.11 Å². The molecule has 0 aliphatic heterocycles. The van der Waals surface area contributed by atoms with Gasteiger partial charge >= 0.3 is 5.97 Å². The van der Waals surface area contributed by atoms with Crippen LogP contribution in [0.15, 0.2) is 52.8 Å². The first-order valence-electron chi connectivity index (χ1n) is 6.73. The minimum absolute atomic E-state index is 0.115. The molecule has 1 N–H and O–H groups in total. The van der Waals surface area contributed by atoms with E-state index in [4.69, 9.17) is 5.26 Å². The third kappa shape index (κ3) is 2.65. The van der Waals surface area contributed by atoms with Crippen molar-refractivity contribution in [3.05, 3.63) is 59.4 Å². The van der Waals surface area contributed by atoms with Crippen molar-refractivity contribution in [2.45, 2.75) is 6.92 Å². The molecule has 2 aromatic heterocycles. The summed E-state index contributed by atoms with van der Waals surface area (Å²) in [5.74, 6) is -1.07. The number of aromatic carboxylic acids is 1. The van der Waals surface area contributed by atoms with Crippen molar-refractivity contribution < 1.29 is 9.90 Å². The number of fused-ring (bicyclic) bond motifs is 1. The third-order valence-electron chi connectivity index (χ3n) is 3.22. The lowest BCUT2D eigenvalue weighted by Gasteiger charge is -1.99. The van der Waals surface area contributed by atoms with E-state index in [9.17, 15) is 9.90 Å². The summed E-state index contributed by atoms with van der Waals surface area (Å²) in [4.78, 5) is 15.4. The van der Waals surface area contributed by atoms with E-state index in [0.29, 0.717) is 16.9 Å². The molecule has 1 aromatic carbocycles. The van der Waals surface area contributed by atoms with Gasteiger partial charge in [-0.3, -0.25) is 4.40 Å². The summed E-state index contributed by atoms with van der Waals surface area (Å²) < 4.78 is 1.57. The van der Waals surface area contributed by atoms with Crippen LogP contribution in [-0.4, -0.2) is 20.5 Å². The van der Waals surface area contributed by atoms with Gasteiger partial charge in [0.2, 0.25) is 0 Å². The summed E-state index contributed by atoms with van der Waals surface area (Å²) >= 11 is 0. The van der Waals surface area contributed by atoms with Gasteiger partial charge in [-0.05, 0) is 30.7 Å². The van der Waals surface area contributed by atoms with Gasteiger partial charge in [-0.25, -0.2) is 9.78 Å². The lowest BCUT2D eigenvalue weighted by Crippen LogP contribution is -1.96. The van der Waals surface area contributed by atoms with Gasteiger partial charge in [0.1, 0.15) is 17.4 Å². The minimum atomic E-state index is -1.19. The Morgan fingerprint density at radius 2 is 2.04 bits per heavy atom. The maximum atomic E-state index is 11.4. The maximum absolute atomic E-state index is 11.4. The Balaban J connectivity index is 2.17. The molecule has 0 spiro atoms. The summed E-state index contributed by atoms with van der Waals surface area (Å²) in [6.45, 7) is 1.88. The number of benzene rings is 1. The molecular formula is C16H11N5O2. The van der Waals surface area contributed by atoms with Crippen LogP contribution in [0.5, 0.6) is 0 Å². The molecule has 0 unspecified atom stereocenters. The summed E-state index contributed by atoms with van der Waals surface area (Å²) in [5.41, 5.74) is 1.94. The molecule has 0 aliphatic rings. The Bertz CT molecular complexity index is 982. The quantitative estimate of drug-likeness (QED) is 0.746. The van der Waals surface area contributed by atoms with Crippen LogP contribution in [0, 0.1) is 18.3 Å². The number of rotatable bonds is 3. The number of azo groups is 1. The van der Waals surface area contributed by atoms with Gasteiger partial charge in [-0.2, -0.15) is 5.26 Å². The first kappa shape index (κ1) is 14.4. The van der Waals surface area contributed by atoms with Crippen LogP contribution in [0.1, 0.15) is 21.6 Å². The van der Waals surface area contributed by atoms with Gasteiger partial charge in [-0.15, -0.1) is 10.2 Å². The number of pyridine rings is 1. The Kier molecular flexibility index (Phi) is 3.57. The summed E-state index contributed by atoms with van der Waals surface area (Å²) in [5, 5.41) is 26.4. The van der Waals surface area contributed by atoms with E-state index in [1.807, 2.05) is 19.1 Å². The number of imidazole rings is 1. The molecule has 0 fully saturated rings. The highest BCUT2D eigenvalue weighted by Gasteiger charge is 2.18. The third-order valence-corrected chi connectivity index (χ3v) is 3.22. The van der Waals surface area contributed by atoms with E-state index in [-0.39, 0.29) is 11.5 Å². The predicted octanol–water partition coefficient (Wildman–Crippen LogP) is 3.63. The number of nitriles is 1. The Hall–Kier alpha value is -3.53. The first-order valence-corrected chi connectivity index (χ1v) is 6.73. The van der Waals surface area contributed by atoms with Gasteiger partial charge in [0.15, 0.2) is 11.5 Å². The topological polar surface area (TPSA) is 103 Å². The molecule has 0 bridgehead atoms. The molecule has 0 atom stereocenters. The first-order chi connectivity index (χ1) is 11.1. The number of carboxylic acids is 1. The number of aromatic nitrogens is 2. The summed E-state index contributed by atoms with van der Waals surface area (Å²) in [6.07, 6.45) is 1.74. The van der Waals surface area contributed by atoms with E-state index < -0.39 is 5.97 Å². The van der Waals surface area contributed by atoms with Crippen LogP contribution in [0.3, 0.4) is 0 Å². The maximum Gasteiger partial charge on any atom is 0.358 e. The van der Waals surface area contributed by atoms with E-state index in [0.717, 1.165) is 5.56 Å². The molecule has 0 saturated carbocycles. The van der Waals surface area contributed by atoms with Gasteiger partial charge in [0, 0.05) is 6.20 Å². The Morgan fingerprint density at radius 3 is 2.78 bits per heavy atom. The van der Waals surface area contributed by atoms with Crippen molar-refractivity contribution in [1.29, 1.82) is 5.26 Å². The van der Waals surface area contributed by atoms with E-state index in [2.05, 4.69) is 15.2 Å². The van der Waals surface area contributed by atoms with Crippen molar-refractivity contribution in [2.75, 3.05) is 0 Å². The zero-order chi connectivity index (χ0) is 16.4. The largest absolute Gasteiger partial charge is 0.476 e. The second kappa shape index (κ2) is 5.69. The number of hydrogen-bond acceptors (Lipinski definition) is 5. The molecule has 112 valence electrons. The average Bonchev–Trinajstić information content (AvgIpc) is 2.91. The molecule has 2 heterocycles. The van der Waals surface area contributed by atoms with E-state index >= 15 is 0 Å².